The number of allylic oxidation sites excluding steroid dienone is 3. The summed E-state index contributed by atoms with van der Waals surface area (Å²) in [6.45, 7) is 9.58. The minimum atomic E-state index is -0.582. The molecule has 1 fully saturated rings. The number of carbonyl (C=O) groups is 2. The van der Waals surface area contributed by atoms with E-state index >= 15 is 0 Å². The van der Waals surface area contributed by atoms with Gasteiger partial charge in [-0.1, -0.05) is 32.9 Å². The lowest BCUT2D eigenvalue weighted by atomic mass is 9.75. The maximum absolute atomic E-state index is 14.3. The first-order chi connectivity index (χ1) is 18.9. The molecular weight excluding hydrogens is 511 g/mol. The zero-order chi connectivity index (χ0) is 29.2. The molecule has 1 aromatic carbocycles. The third kappa shape index (κ3) is 6.09. The molecule has 40 heavy (non-hydrogen) atoms. The van der Waals surface area contributed by atoms with Crippen molar-refractivity contribution in [2.24, 2.45) is 11.3 Å². The maximum atomic E-state index is 14.3. The number of likely N-dealkylation sites (tertiary alicyclic amines) is 1. The van der Waals surface area contributed by atoms with Gasteiger partial charge in [-0.25, -0.2) is 9.49 Å². The van der Waals surface area contributed by atoms with Crippen LogP contribution in [0.15, 0.2) is 53.1 Å². The molecule has 1 aliphatic heterocycles. The van der Waals surface area contributed by atoms with Crippen molar-refractivity contribution in [3.8, 4) is 0 Å². The number of carbonyl (C=O) groups excluding carboxylic acids is 2. The molecule has 4 atom stereocenters. The fraction of sp³-hybridized carbons (Fsp3) is 0.484. The molecule has 8 nitrogen and oxygen atoms in total. The monoisotopic (exact) mass is 550 g/mol. The van der Waals surface area contributed by atoms with Crippen molar-refractivity contribution >= 4 is 11.8 Å². The van der Waals surface area contributed by atoms with E-state index in [4.69, 9.17) is 4.74 Å². The molecule has 2 aliphatic rings. The molecule has 0 spiro atoms. The second kappa shape index (κ2) is 11.9. The lowest BCUT2D eigenvalue weighted by molar-refractivity contribution is -0.137. The Kier molecular flexibility index (Phi) is 8.73. The Balaban J connectivity index is 1.49. The number of ether oxygens (including phenoxy) is 1. The van der Waals surface area contributed by atoms with Crippen LogP contribution in [0.3, 0.4) is 0 Å². The number of benzene rings is 1. The lowest BCUT2D eigenvalue weighted by Crippen LogP contribution is -2.53. The van der Waals surface area contributed by atoms with Gasteiger partial charge in [-0.05, 0) is 74.1 Å². The summed E-state index contributed by atoms with van der Waals surface area (Å²) in [4.78, 5) is 40.7. The quantitative estimate of drug-likeness (QED) is 0.514. The van der Waals surface area contributed by atoms with Gasteiger partial charge in [0.15, 0.2) is 0 Å². The summed E-state index contributed by atoms with van der Waals surface area (Å²) in [6, 6.07) is 6.57. The van der Waals surface area contributed by atoms with Crippen LogP contribution >= 0.6 is 0 Å². The van der Waals surface area contributed by atoms with Gasteiger partial charge in [-0.2, -0.15) is 5.10 Å². The van der Waals surface area contributed by atoms with E-state index in [9.17, 15) is 18.8 Å². The average molecular weight is 551 g/mol. The van der Waals surface area contributed by atoms with Crippen LogP contribution in [-0.4, -0.2) is 58.8 Å². The van der Waals surface area contributed by atoms with Gasteiger partial charge in [-0.15, -0.1) is 0 Å². The largest absolute Gasteiger partial charge is 0.379 e. The van der Waals surface area contributed by atoms with Crippen molar-refractivity contribution in [2.45, 2.75) is 72.1 Å². The SMILES string of the molecule is CO[C@H]1C[C@@H](C2(C)C=C(F)C=CC2)N(C(=O)CNC(=O)c2ccc(Cc3cc(C)n[nH]c3=O)c(C)c2)[C@H]1C(C)C. The van der Waals surface area contributed by atoms with Crippen LogP contribution in [0, 0.1) is 25.2 Å². The van der Waals surface area contributed by atoms with Crippen LogP contribution < -0.4 is 10.9 Å². The van der Waals surface area contributed by atoms with Gasteiger partial charge < -0.3 is 15.0 Å². The third-order valence-corrected chi connectivity index (χ3v) is 8.23. The summed E-state index contributed by atoms with van der Waals surface area (Å²) < 4.78 is 20.1. The number of nitrogens with one attached hydrogen (secondary N) is 2. The predicted octanol–water partition coefficient (Wildman–Crippen LogP) is 4.17. The van der Waals surface area contributed by atoms with Gasteiger partial charge >= 0.3 is 0 Å². The molecule has 2 amide bonds. The van der Waals surface area contributed by atoms with E-state index in [-0.39, 0.29) is 53.9 Å². The highest BCUT2D eigenvalue weighted by Crippen LogP contribution is 2.45. The molecule has 1 aliphatic carbocycles. The second-order valence-corrected chi connectivity index (χ2v) is 11.6. The van der Waals surface area contributed by atoms with Crippen LogP contribution in [0.1, 0.15) is 66.4 Å². The number of rotatable bonds is 8. The zero-order valence-electron chi connectivity index (χ0n) is 24.1. The first kappa shape index (κ1) is 29.4. The Morgan fingerprint density at radius 3 is 2.65 bits per heavy atom. The molecule has 2 N–H and O–H groups in total. The highest BCUT2D eigenvalue weighted by atomic mass is 19.1. The van der Waals surface area contributed by atoms with E-state index in [1.165, 1.54) is 6.08 Å². The standard InChI is InChI=1S/C31H39FN4O4/c1-18(2)28-25(40-6)15-26(31(5)11-7-8-24(32)16-31)36(28)27(37)17-33-29(38)22-10-9-21(19(3)12-22)14-23-13-20(4)34-35-30(23)39/h7-10,12-13,16,18,25-26,28H,11,14-15,17H2,1-6H3,(H,33,38)(H,35,39)/t25-,26-,28-,31?/m0/s1. The third-order valence-electron chi connectivity index (χ3n) is 8.23. The number of aryl methyl sites for hydroxylation is 2. The Morgan fingerprint density at radius 1 is 1.25 bits per heavy atom. The molecular formula is C31H39FN4O4. The van der Waals surface area contributed by atoms with Gasteiger partial charge in [-0.3, -0.25) is 14.4 Å². The van der Waals surface area contributed by atoms with Crippen molar-refractivity contribution in [1.82, 2.24) is 20.4 Å². The Hall–Kier alpha value is -3.59. The maximum Gasteiger partial charge on any atom is 0.267 e. The Bertz CT molecular complexity index is 1400. The molecule has 0 bridgehead atoms. The first-order valence-electron chi connectivity index (χ1n) is 13.7. The predicted molar refractivity (Wildman–Crippen MR) is 152 cm³/mol. The number of amides is 2. The Morgan fingerprint density at radius 2 is 2.00 bits per heavy atom. The average Bonchev–Trinajstić information content (AvgIpc) is 3.31. The van der Waals surface area contributed by atoms with Crippen LogP contribution in [-0.2, 0) is 16.0 Å². The number of H-pyrrole nitrogens is 1. The van der Waals surface area contributed by atoms with Gasteiger partial charge in [0.1, 0.15) is 5.83 Å². The van der Waals surface area contributed by atoms with Crippen LogP contribution in [0.5, 0.6) is 0 Å². The van der Waals surface area contributed by atoms with Crippen molar-refractivity contribution < 1.29 is 18.7 Å². The highest BCUT2D eigenvalue weighted by molar-refractivity contribution is 5.96. The van der Waals surface area contributed by atoms with Gasteiger partial charge in [0.25, 0.3) is 11.5 Å². The smallest absolute Gasteiger partial charge is 0.267 e. The molecule has 214 valence electrons. The fourth-order valence-electron chi connectivity index (χ4n) is 6.13. The van der Waals surface area contributed by atoms with Gasteiger partial charge in [0, 0.05) is 36.1 Å². The van der Waals surface area contributed by atoms with E-state index < -0.39 is 5.41 Å². The van der Waals surface area contributed by atoms with Gasteiger partial charge in [0.05, 0.1) is 24.4 Å². The number of halogens is 1. The molecule has 1 aromatic heterocycles. The number of methoxy groups -OCH3 is 1. The van der Waals surface area contributed by atoms with Crippen molar-refractivity contribution in [3.63, 3.8) is 0 Å². The molecule has 1 unspecified atom stereocenters. The topological polar surface area (TPSA) is 104 Å². The molecule has 0 saturated carbocycles. The Labute approximate surface area is 234 Å². The summed E-state index contributed by atoms with van der Waals surface area (Å²) in [5.41, 5.74) is 2.71. The van der Waals surface area contributed by atoms with Crippen molar-refractivity contribution in [2.75, 3.05) is 13.7 Å². The van der Waals surface area contributed by atoms with Gasteiger partial charge in [0.2, 0.25) is 5.91 Å². The fourth-order valence-corrected chi connectivity index (χ4v) is 6.13. The summed E-state index contributed by atoms with van der Waals surface area (Å²) in [5.74, 6) is -0.781. The number of hydrogen-bond donors (Lipinski definition) is 2. The van der Waals surface area contributed by atoms with Crippen molar-refractivity contribution in [1.29, 1.82) is 0 Å². The second-order valence-electron chi connectivity index (χ2n) is 11.6. The molecule has 4 rings (SSSR count). The molecule has 2 aromatic rings. The van der Waals surface area contributed by atoms with E-state index in [1.807, 2.05) is 51.7 Å². The summed E-state index contributed by atoms with van der Waals surface area (Å²) in [6.07, 6.45) is 6.31. The van der Waals surface area contributed by atoms with Crippen LogP contribution in [0.25, 0.3) is 0 Å². The minimum absolute atomic E-state index is 0.109. The lowest BCUT2D eigenvalue weighted by Gasteiger charge is -2.42. The molecule has 2 heterocycles. The van der Waals surface area contributed by atoms with E-state index in [0.29, 0.717) is 30.4 Å². The zero-order valence-corrected chi connectivity index (χ0v) is 24.1. The van der Waals surface area contributed by atoms with E-state index in [0.717, 1.165) is 16.8 Å². The number of hydrogen-bond acceptors (Lipinski definition) is 5. The summed E-state index contributed by atoms with van der Waals surface area (Å²) in [5, 5.41) is 9.20. The summed E-state index contributed by atoms with van der Waals surface area (Å²) >= 11 is 0. The number of aromatic nitrogens is 2. The number of aromatic amines is 1. The molecule has 9 heteroatoms. The molecule has 1 saturated heterocycles. The van der Waals surface area contributed by atoms with E-state index in [1.54, 1.807) is 31.4 Å². The molecule has 0 radical (unpaired) electrons. The first-order valence-corrected chi connectivity index (χ1v) is 13.7. The number of nitrogens with zero attached hydrogens (tertiary/aromatic N) is 2. The minimum Gasteiger partial charge on any atom is -0.379 e. The van der Waals surface area contributed by atoms with E-state index in [2.05, 4.69) is 15.5 Å². The summed E-state index contributed by atoms with van der Waals surface area (Å²) in [7, 11) is 1.64. The van der Waals surface area contributed by atoms with Crippen LogP contribution in [0.4, 0.5) is 4.39 Å². The van der Waals surface area contributed by atoms with Crippen LogP contribution in [0.2, 0.25) is 0 Å². The normalized spacial score (nSPS) is 24.4. The highest BCUT2D eigenvalue weighted by Gasteiger charge is 2.51. The van der Waals surface area contributed by atoms with Crippen molar-refractivity contribution in [3.05, 3.63) is 86.6 Å².